The van der Waals surface area contributed by atoms with E-state index in [0.29, 0.717) is 23.5 Å². The molecular formula is C21H15N5OS. The van der Waals surface area contributed by atoms with Gasteiger partial charge in [-0.05, 0) is 54.1 Å². The Hall–Kier alpha value is -3.50. The number of aromatic nitrogens is 2. The highest BCUT2D eigenvalue weighted by Crippen LogP contribution is 2.33. The van der Waals surface area contributed by atoms with Crippen molar-refractivity contribution >= 4 is 34.1 Å². The molecular weight excluding hydrogens is 370 g/mol. The molecule has 3 aromatic rings. The number of nitriles is 1. The van der Waals surface area contributed by atoms with Gasteiger partial charge in [0.15, 0.2) is 5.82 Å². The smallest absolute Gasteiger partial charge is 0.234 e. The van der Waals surface area contributed by atoms with Gasteiger partial charge in [0.25, 0.3) is 0 Å². The standard InChI is InChI=1S/C21H15N5OS/c22-12-14-2-5-17(6-3-14)25-19(27)13-28-20-11-16-10-15(4-7-18(16)26-20)21-23-8-1-9-24-21/h1-10H,11,13H2,(H,25,27). The Morgan fingerprint density at radius 1 is 1.14 bits per heavy atom. The van der Waals surface area contributed by atoms with Crippen molar-refractivity contribution in [3.05, 3.63) is 72.1 Å². The van der Waals surface area contributed by atoms with E-state index in [1.165, 1.54) is 11.8 Å². The number of carbonyl (C=O) groups excluding carboxylic acids is 1. The summed E-state index contributed by atoms with van der Waals surface area (Å²) >= 11 is 1.43. The van der Waals surface area contributed by atoms with Gasteiger partial charge in [0, 0.05) is 30.1 Å². The molecule has 6 nitrogen and oxygen atoms in total. The maximum atomic E-state index is 12.2. The van der Waals surface area contributed by atoms with Gasteiger partial charge in [-0.1, -0.05) is 0 Å². The van der Waals surface area contributed by atoms with Gasteiger partial charge in [-0.2, -0.15) is 5.26 Å². The van der Waals surface area contributed by atoms with Gasteiger partial charge in [0.05, 0.1) is 28.1 Å². The van der Waals surface area contributed by atoms with E-state index in [1.807, 2.05) is 12.1 Å². The molecule has 0 bridgehead atoms. The van der Waals surface area contributed by atoms with Crippen molar-refractivity contribution < 1.29 is 4.79 Å². The summed E-state index contributed by atoms with van der Waals surface area (Å²) in [4.78, 5) is 25.3. The number of benzene rings is 2. The van der Waals surface area contributed by atoms with Crippen molar-refractivity contribution in [2.24, 2.45) is 4.99 Å². The Labute approximate surface area is 166 Å². The summed E-state index contributed by atoms with van der Waals surface area (Å²) in [6, 6.07) is 16.6. The van der Waals surface area contributed by atoms with Gasteiger partial charge in [0.2, 0.25) is 5.91 Å². The normalized spacial score (nSPS) is 12.0. The van der Waals surface area contributed by atoms with Crippen molar-refractivity contribution in [2.75, 3.05) is 11.1 Å². The molecule has 1 amide bonds. The Morgan fingerprint density at radius 2 is 1.93 bits per heavy atom. The van der Waals surface area contributed by atoms with Crippen LogP contribution in [0.1, 0.15) is 11.1 Å². The van der Waals surface area contributed by atoms with Crippen LogP contribution in [0.3, 0.4) is 0 Å². The van der Waals surface area contributed by atoms with Crippen LogP contribution in [0.4, 0.5) is 11.4 Å². The van der Waals surface area contributed by atoms with Gasteiger partial charge in [-0.15, -0.1) is 11.8 Å². The Balaban J connectivity index is 1.34. The molecule has 2 aromatic carbocycles. The second-order valence-corrected chi connectivity index (χ2v) is 7.17. The molecule has 0 radical (unpaired) electrons. The number of nitrogens with one attached hydrogen (secondary N) is 1. The zero-order valence-electron chi connectivity index (χ0n) is 14.8. The van der Waals surface area contributed by atoms with Gasteiger partial charge in [-0.3, -0.25) is 4.79 Å². The molecule has 1 aliphatic heterocycles. The average molecular weight is 385 g/mol. The van der Waals surface area contributed by atoms with E-state index in [4.69, 9.17) is 5.26 Å². The second-order valence-electron chi connectivity index (χ2n) is 6.12. The summed E-state index contributed by atoms with van der Waals surface area (Å²) in [6.07, 6.45) is 4.14. The molecule has 0 fully saturated rings. The van der Waals surface area contributed by atoms with Crippen molar-refractivity contribution in [1.29, 1.82) is 5.26 Å². The molecule has 4 rings (SSSR count). The van der Waals surface area contributed by atoms with E-state index in [-0.39, 0.29) is 11.7 Å². The van der Waals surface area contributed by atoms with E-state index in [2.05, 4.69) is 32.4 Å². The van der Waals surface area contributed by atoms with Gasteiger partial charge in [-0.25, -0.2) is 15.0 Å². The minimum Gasteiger partial charge on any atom is -0.325 e. The predicted octanol–water partition coefficient (Wildman–Crippen LogP) is 3.97. The first kappa shape index (κ1) is 17.9. The number of rotatable bonds is 4. The van der Waals surface area contributed by atoms with Crippen LogP contribution in [0.25, 0.3) is 11.4 Å². The van der Waals surface area contributed by atoms with Gasteiger partial charge >= 0.3 is 0 Å². The summed E-state index contributed by atoms with van der Waals surface area (Å²) < 4.78 is 0. The predicted molar refractivity (Wildman–Crippen MR) is 111 cm³/mol. The first-order chi connectivity index (χ1) is 13.7. The molecule has 2 heterocycles. The van der Waals surface area contributed by atoms with Gasteiger partial charge < -0.3 is 5.32 Å². The SMILES string of the molecule is N#Cc1ccc(NC(=O)CSC2=Nc3ccc(-c4ncccn4)cc3C2)cc1. The number of anilines is 1. The second kappa shape index (κ2) is 8.03. The van der Waals surface area contributed by atoms with E-state index >= 15 is 0 Å². The van der Waals surface area contributed by atoms with Crippen molar-refractivity contribution in [3.63, 3.8) is 0 Å². The topological polar surface area (TPSA) is 91.0 Å². The molecule has 0 unspecified atom stereocenters. The molecule has 1 aromatic heterocycles. The van der Waals surface area contributed by atoms with Crippen LogP contribution in [0.5, 0.6) is 0 Å². The summed E-state index contributed by atoms with van der Waals surface area (Å²) in [5.74, 6) is 0.863. The number of amides is 1. The number of carbonyl (C=O) groups is 1. The summed E-state index contributed by atoms with van der Waals surface area (Å²) in [6.45, 7) is 0. The highest BCUT2D eigenvalue weighted by atomic mass is 32.2. The molecule has 0 spiro atoms. The number of fused-ring (bicyclic) bond motifs is 1. The Morgan fingerprint density at radius 3 is 2.68 bits per heavy atom. The molecule has 1 aliphatic rings. The van der Waals surface area contributed by atoms with Crippen LogP contribution >= 0.6 is 11.8 Å². The maximum Gasteiger partial charge on any atom is 0.234 e. The van der Waals surface area contributed by atoms with E-state index in [1.54, 1.807) is 42.7 Å². The summed E-state index contributed by atoms with van der Waals surface area (Å²) in [7, 11) is 0. The van der Waals surface area contributed by atoms with E-state index in [0.717, 1.165) is 21.9 Å². The highest BCUT2D eigenvalue weighted by Gasteiger charge is 2.17. The van der Waals surface area contributed by atoms with Gasteiger partial charge in [0.1, 0.15) is 0 Å². The van der Waals surface area contributed by atoms with Crippen LogP contribution < -0.4 is 5.32 Å². The summed E-state index contributed by atoms with van der Waals surface area (Å²) in [5, 5.41) is 12.6. The first-order valence-electron chi connectivity index (χ1n) is 8.62. The lowest BCUT2D eigenvalue weighted by Gasteiger charge is -2.05. The van der Waals surface area contributed by atoms with Crippen LogP contribution in [0.15, 0.2) is 65.9 Å². The molecule has 1 N–H and O–H groups in total. The fourth-order valence-corrected chi connectivity index (χ4v) is 3.61. The first-order valence-corrected chi connectivity index (χ1v) is 9.60. The van der Waals surface area contributed by atoms with Crippen molar-refractivity contribution in [1.82, 2.24) is 9.97 Å². The van der Waals surface area contributed by atoms with E-state index in [9.17, 15) is 4.79 Å². The highest BCUT2D eigenvalue weighted by molar-refractivity contribution is 8.14. The lowest BCUT2D eigenvalue weighted by atomic mass is 10.1. The monoisotopic (exact) mass is 385 g/mol. The fraction of sp³-hybridized carbons (Fsp3) is 0.0952. The third-order valence-electron chi connectivity index (χ3n) is 4.16. The third-order valence-corrected chi connectivity index (χ3v) is 5.13. The van der Waals surface area contributed by atoms with E-state index < -0.39 is 0 Å². The number of hydrogen-bond donors (Lipinski definition) is 1. The molecule has 0 saturated carbocycles. The minimum absolute atomic E-state index is 0.105. The van der Waals surface area contributed by atoms with Crippen LogP contribution in [0, 0.1) is 11.3 Å². The molecule has 0 atom stereocenters. The lowest BCUT2D eigenvalue weighted by molar-refractivity contribution is -0.113. The molecule has 7 heteroatoms. The quantitative estimate of drug-likeness (QED) is 0.734. The van der Waals surface area contributed by atoms with Crippen molar-refractivity contribution in [2.45, 2.75) is 6.42 Å². The minimum atomic E-state index is -0.105. The lowest BCUT2D eigenvalue weighted by Crippen LogP contribution is -2.15. The van der Waals surface area contributed by atoms with Crippen LogP contribution in [0.2, 0.25) is 0 Å². The van der Waals surface area contributed by atoms with Crippen molar-refractivity contribution in [3.8, 4) is 17.5 Å². The van der Waals surface area contributed by atoms with Crippen LogP contribution in [-0.2, 0) is 11.2 Å². The molecule has 0 aliphatic carbocycles. The maximum absolute atomic E-state index is 12.2. The number of hydrogen-bond acceptors (Lipinski definition) is 6. The number of thioether (sulfide) groups is 1. The van der Waals surface area contributed by atoms with Crippen LogP contribution in [-0.4, -0.2) is 26.7 Å². The zero-order chi connectivity index (χ0) is 19.3. The number of nitrogens with zero attached hydrogens (tertiary/aromatic N) is 4. The number of aliphatic imine (C=N–C) groups is 1. The summed E-state index contributed by atoms with van der Waals surface area (Å²) in [5.41, 5.74) is 4.23. The Kier molecular flexibility index (Phi) is 5.13. The third kappa shape index (κ3) is 4.08. The Bertz CT molecular complexity index is 1090. The average Bonchev–Trinajstić information content (AvgIpc) is 3.16. The largest absolute Gasteiger partial charge is 0.325 e. The molecule has 28 heavy (non-hydrogen) atoms. The fourth-order valence-electron chi connectivity index (χ4n) is 2.82. The molecule has 136 valence electrons. The molecule has 0 saturated heterocycles. The zero-order valence-corrected chi connectivity index (χ0v) is 15.6.